The molecule has 0 aliphatic rings. The maximum Gasteiger partial charge on any atom is 0.0342 e. The first-order valence-corrected chi connectivity index (χ1v) is 6.75. The minimum absolute atomic E-state index is 0.796. The van der Waals surface area contributed by atoms with E-state index in [2.05, 4.69) is 81.6 Å². The van der Waals surface area contributed by atoms with E-state index < -0.39 is 0 Å². The van der Waals surface area contributed by atoms with Crippen LogP contribution in [0.1, 0.15) is 20.3 Å². The van der Waals surface area contributed by atoms with Gasteiger partial charge in [-0.3, -0.25) is 0 Å². The van der Waals surface area contributed by atoms with Crippen molar-refractivity contribution < 1.29 is 0 Å². The lowest BCUT2D eigenvalue weighted by Crippen LogP contribution is -2.20. The Morgan fingerprint density at radius 1 is 1.22 bits per heavy atom. The summed E-state index contributed by atoms with van der Waals surface area (Å²) >= 11 is 7.57. The fraction of sp³-hybridized carbons (Fsp3) is 1.00. The van der Waals surface area contributed by atoms with Crippen molar-refractivity contribution in [3.63, 3.8) is 0 Å². The molecule has 0 N–H and O–H groups in total. The molecule has 0 bridgehead atoms. The molecule has 3 unspecified atom stereocenters. The first kappa shape index (κ1) is 11.2. The molecule has 0 rings (SSSR count). The summed E-state index contributed by atoms with van der Waals surface area (Å²) in [6, 6.07) is 0. The van der Waals surface area contributed by atoms with Gasteiger partial charge in [-0.15, -0.1) is 0 Å². The maximum atomic E-state index is 2.54. The highest BCUT2D eigenvalue weighted by molar-refractivity contribution is 14.1. The van der Waals surface area contributed by atoms with Crippen LogP contribution in [-0.4, -0.2) is 11.8 Å². The number of halogens is 3. The second-order valence-electron chi connectivity index (χ2n) is 2.05. The summed E-state index contributed by atoms with van der Waals surface area (Å²) < 4.78 is 2.47. The SMILES string of the molecule is CCC(I)C(I)C(C)I. The number of alkyl halides is 3. The average Bonchev–Trinajstić information content (AvgIpc) is 1.84. The van der Waals surface area contributed by atoms with Gasteiger partial charge in [-0.1, -0.05) is 81.6 Å². The van der Waals surface area contributed by atoms with Gasteiger partial charge in [0.2, 0.25) is 0 Å². The highest BCUT2D eigenvalue weighted by atomic mass is 127. The Morgan fingerprint density at radius 2 is 1.67 bits per heavy atom. The largest absolute Gasteiger partial charge is 0.0817 e. The molecule has 0 aromatic carbocycles. The van der Waals surface area contributed by atoms with Crippen LogP contribution in [0.4, 0.5) is 0 Å². The maximum absolute atomic E-state index is 2.54. The molecule has 0 heterocycles. The Balaban J connectivity index is 3.58. The molecule has 0 aromatic heterocycles. The van der Waals surface area contributed by atoms with E-state index in [1.165, 1.54) is 6.42 Å². The van der Waals surface area contributed by atoms with Crippen LogP contribution < -0.4 is 0 Å². The minimum Gasteiger partial charge on any atom is -0.0817 e. The summed E-state index contributed by atoms with van der Waals surface area (Å²) in [5, 5.41) is 0. The standard InChI is InChI=1S/C6H11I3/c1-3-5(8)6(9)4(2)7/h4-6H,3H2,1-2H3. The van der Waals surface area contributed by atoms with E-state index in [1.807, 2.05) is 0 Å². The van der Waals surface area contributed by atoms with Gasteiger partial charge < -0.3 is 0 Å². The van der Waals surface area contributed by atoms with Crippen LogP contribution in [0.15, 0.2) is 0 Å². The zero-order valence-electron chi connectivity index (χ0n) is 5.57. The average molecular weight is 464 g/mol. The molecule has 0 fully saturated rings. The van der Waals surface area contributed by atoms with Crippen molar-refractivity contribution in [2.24, 2.45) is 0 Å². The number of hydrogen-bond acceptors (Lipinski definition) is 0. The first-order chi connectivity index (χ1) is 4.09. The van der Waals surface area contributed by atoms with Crippen molar-refractivity contribution >= 4 is 67.8 Å². The summed E-state index contributed by atoms with van der Waals surface area (Å²) in [7, 11) is 0. The van der Waals surface area contributed by atoms with Crippen molar-refractivity contribution in [2.75, 3.05) is 0 Å². The van der Waals surface area contributed by atoms with E-state index in [0.717, 1.165) is 11.8 Å². The Kier molecular flexibility index (Phi) is 7.20. The van der Waals surface area contributed by atoms with Gasteiger partial charge in [0.25, 0.3) is 0 Å². The summed E-state index contributed by atoms with van der Waals surface area (Å²) in [6.45, 7) is 4.53. The molecule has 0 amide bonds. The van der Waals surface area contributed by atoms with Crippen LogP contribution in [-0.2, 0) is 0 Å². The third kappa shape index (κ3) is 4.60. The van der Waals surface area contributed by atoms with Crippen molar-refractivity contribution in [3.05, 3.63) is 0 Å². The molecule has 0 saturated heterocycles. The predicted octanol–water partition coefficient (Wildman–Crippen LogP) is 3.83. The molecule has 0 aromatic rings. The van der Waals surface area contributed by atoms with Gasteiger partial charge in [0.05, 0.1) is 0 Å². The number of hydrogen-bond donors (Lipinski definition) is 0. The molecule has 0 saturated carbocycles. The van der Waals surface area contributed by atoms with Gasteiger partial charge in [-0.2, -0.15) is 0 Å². The Morgan fingerprint density at radius 3 is 1.78 bits per heavy atom. The van der Waals surface area contributed by atoms with Crippen molar-refractivity contribution in [3.8, 4) is 0 Å². The smallest absolute Gasteiger partial charge is 0.0342 e. The quantitative estimate of drug-likeness (QED) is 0.441. The predicted molar refractivity (Wildman–Crippen MR) is 69.4 cm³/mol. The van der Waals surface area contributed by atoms with Gasteiger partial charge in [-0.05, 0) is 6.42 Å². The van der Waals surface area contributed by atoms with Crippen LogP contribution in [0.5, 0.6) is 0 Å². The van der Waals surface area contributed by atoms with Gasteiger partial charge in [0.1, 0.15) is 0 Å². The molecule has 56 valence electrons. The lowest BCUT2D eigenvalue weighted by atomic mass is 10.2. The Hall–Kier alpha value is 2.19. The van der Waals surface area contributed by atoms with E-state index in [9.17, 15) is 0 Å². The normalized spacial score (nSPS) is 21.0. The molecular formula is C6H11I3. The lowest BCUT2D eigenvalue weighted by molar-refractivity contribution is 0.807. The first-order valence-electron chi connectivity index (χ1n) is 3.01. The Labute approximate surface area is 98.3 Å². The fourth-order valence-electron chi connectivity index (χ4n) is 0.513. The monoisotopic (exact) mass is 464 g/mol. The number of rotatable bonds is 3. The summed E-state index contributed by atoms with van der Waals surface area (Å²) in [6.07, 6.45) is 1.29. The van der Waals surface area contributed by atoms with Crippen molar-refractivity contribution in [2.45, 2.75) is 32.0 Å². The summed E-state index contributed by atoms with van der Waals surface area (Å²) in [4.78, 5) is 0. The Bertz CT molecular complexity index is 72.7. The van der Waals surface area contributed by atoms with Crippen LogP contribution in [0.3, 0.4) is 0 Å². The van der Waals surface area contributed by atoms with Gasteiger partial charge in [-0.25, -0.2) is 0 Å². The van der Waals surface area contributed by atoms with E-state index in [1.54, 1.807) is 0 Å². The van der Waals surface area contributed by atoms with Crippen LogP contribution in [0, 0.1) is 0 Å². The molecular weight excluding hydrogens is 453 g/mol. The third-order valence-corrected chi connectivity index (χ3v) is 8.30. The second kappa shape index (κ2) is 5.79. The molecule has 3 atom stereocenters. The van der Waals surface area contributed by atoms with E-state index in [4.69, 9.17) is 0 Å². The van der Waals surface area contributed by atoms with E-state index in [0.29, 0.717) is 0 Å². The highest BCUT2D eigenvalue weighted by Gasteiger charge is 2.17. The van der Waals surface area contributed by atoms with Gasteiger partial charge >= 0.3 is 0 Å². The molecule has 0 aliphatic heterocycles. The molecule has 0 aliphatic carbocycles. The zero-order valence-corrected chi connectivity index (χ0v) is 12.0. The van der Waals surface area contributed by atoms with Gasteiger partial charge in [0.15, 0.2) is 0 Å². The van der Waals surface area contributed by atoms with E-state index in [-0.39, 0.29) is 0 Å². The van der Waals surface area contributed by atoms with Crippen LogP contribution >= 0.6 is 67.8 Å². The molecule has 0 nitrogen and oxygen atoms in total. The van der Waals surface area contributed by atoms with Crippen molar-refractivity contribution in [1.82, 2.24) is 0 Å². The van der Waals surface area contributed by atoms with Crippen LogP contribution in [0.25, 0.3) is 0 Å². The molecule has 3 heteroatoms. The molecule has 0 spiro atoms. The lowest BCUT2D eigenvalue weighted by Gasteiger charge is -2.16. The highest BCUT2D eigenvalue weighted by Crippen LogP contribution is 2.25. The van der Waals surface area contributed by atoms with Crippen molar-refractivity contribution in [1.29, 1.82) is 0 Å². The molecule has 9 heavy (non-hydrogen) atoms. The van der Waals surface area contributed by atoms with E-state index >= 15 is 0 Å². The van der Waals surface area contributed by atoms with Gasteiger partial charge in [0, 0.05) is 11.8 Å². The fourth-order valence-corrected chi connectivity index (χ4v) is 2.94. The topological polar surface area (TPSA) is 0 Å². The minimum atomic E-state index is 0.796. The summed E-state index contributed by atoms with van der Waals surface area (Å²) in [5.74, 6) is 0. The third-order valence-electron chi connectivity index (χ3n) is 1.17. The summed E-state index contributed by atoms with van der Waals surface area (Å²) in [5.41, 5.74) is 0. The second-order valence-corrected chi connectivity index (χ2v) is 7.05. The zero-order chi connectivity index (χ0) is 7.44. The molecule has 0 radical (unpaired) electrons. The van der Waals surface area contributed by atoms with Crippen LogP contribution in [0.2, 0.25) is 0 Å².